The fourth-order valence-electron chi connectivity index (χ4n) is 3.48. The van der Waals surface area contributed by atoms with Crippen LogP contribution in [0, 0.1) is 0 Å². The van der Waals surface area contributed by atoms with Crippen molar-refractivity contribution in [3.8, 4) is 0 Å². The third kappa shape index (κ3) is 3.61. The predicted molar refractivity (Wildman–Crippen MR) is 86.5 cm³/mol. The van der Waals surface area contributed by atoms with Gasteiger partial charge in [-0.25, -0.2) is 0 Å². The zero-order valence-electron chi connectivity index (χ0n) is 13.3. The van der Waals surface area contributed by atoms with Crippen molar-refractivity contribution in [3.05, 3.63) is 16.9 Å². The predicted octanol–water partition coefficient (Wildman–Crippen LogP) is 4.08. The van der Waals surface area contributed by atoms with Crippen LogP contribution in [0.5, 0.6) is 0 Å². The van der Waals surface area contributed by atoms with E-state index in [-0.39, 0.29) is 11.6 Å². The molecule has 5 heteroatoms. The lowest BCUT2D eigenvalue weighted by Crippen LogP contribution is -2.44. The monoisotopic (exact) mass is 313 g/mol. The van der Waals surface area contributed by atoms with Gasteiger partial charge in [0.05, 0.1) is 28.6 Å². The van der Waals surface area contributed by atoms with E-state index in [1.165, 1.54) is 25.7 Å². The molecule has 1 aliphatic carbocycles. The molecule has 0 aliphatic heterocycles. The Balaban J connectivity index is 2.33. The molecule has 120 valence electrons. The molecular formula is C16H28ClN3O. The van der Waals surface area contributed by atoms with Crippen LogP contribution in [0.4, 0.5) is 0 Å². The van der Waals surface area contributed by atoms with Gasteiger partial charge < -0.3 is 10.5 Å². The van der Waals surface area contributed by atoms with Gasteiger partial charge in [-0.3, -0.25) is 4.68 Å². The van der Waals surface area contributed by atoms with Crippen LogP contribution in [0.25, 0.3) is 0 Å². The first-order chi connectivity index (χ1) is 10.1. The highest BCUT2D eigenvalue weighted by atomic mass is 35.5. The van der Waals surface area contributed by atoms with Gasteiger partial charge in [-0.1, -0.05) is 44.2 Å². The smallest absolute Gasteiger partial charge is 0.0889 e. The normalized spacial score (nSPS) is 20.2. The molecule has 1 heterocycles. The maximum absolute atomic E-state index is 6.67. The molecule has 0 bridgehead atoms. The van der Waals surface area contributed by atoms with E-state index in [1.807, 2.05) is 11.6 Å². The van der Waals surface area contributed by atoms with E-state index in [4.69, 9.17) is 22.1 Å². The first-order valence-electron chi connectivity index (χ1n) is 8.25. The van der Waals surface area contributed by atoms with E-state index in [2.05, 4.69) is 12.0 Å². The highest BCUT2D eigenvalue weighted by molar-refractivity contribution is 6.31. The Kier molecular flexibility index (Phi) is 6.08. The lowest BCUT2D eigenvalue weighted by Gasteiger charge is -2.38. The first-order valence-corrected chi connectivity index (χ1v) is 8.63. The summed E-state index contributed by atoms with van der Waals surface area (Å²) in [5.74, 6) is 0. The maximum atomic E-state index is 6.67. The highest BCUT2D eigenvalue weighted by Crippen LogP contribution is 2.41. The second-order valence-corrected chi connectivity index (χ2v) is 6.40. The van der Waals surface area contributed by atoms with E-state index < -0.39 is 0 Å². The number of nitrogens with two attached hydrogens (primary N) is 1. The fourth-order valence-corrected chi connectivity index (χ4v) is 3.74. The quantitative estimate of drug-likeness (QED) is 0.805. The van der Waals surface area contributed by atoms with Gasteiger partial charge >= 0.3 is 0 Å². The van der Waals surface area contributed by atoms with Crippen LogP contribution in [0.2, 0.25) is 5.02 Å². The lowest BCUT2D eigenvalue weighted by molar-refractivity contribution is -0.0712. The van der Waals surface area contributed by atoms with Crippen molar-refractivity contribution >= 4 is 11.6 Å². The second-order valence-electron chi connectivity index (χ2n) is 5.99. The van der Waals surface area contributed by atoms with E-state index in [1.54, 1.807) is 6.20 Å². The molecule has 1 aromatic rings. The van der Waals surface area contributed by atoms with Crippen LogP contribution in [-0.2, 0) is 11.3 Å². The molecule has 1 saturated carbocycles. The van der Waals surface area contributed by atoms with Gasteiger partial charge in [0, 0.05) is 13.2 Å². The molecule has 0 spiro atoms. The van der Waals surface area contributed by atoms with Gasteiger partial charge in [0.1, 0.15) is 0 Å². The Bertz CT molecular complexity index is 439. The van der Waals surface area contributed by atoms with Gasteiger partial charge in [0.2, 0.25) is 0 Å². The topological polar surface area (TPSA) is 53.1 Å². The van der Waals surface area contributed by atoms with Crippen molar-refractivity contribution in [2.45, 2.75) is 77.0 Å². The third-order valence-corrected chi connectivity index (χ3v) is 4.80. The van der Waals surface area contributed by atoms with E-state index in [0.29, 0.717) is 11.6 Å². The summed E-state index contributed by atoms with van der Waals surface area (Å²) < 4.78 is 8.16. The lowest BCUT2D eigenvalue weighted by atomic mass is 9.84. The van der Waals surface area contributed by atoms with Gasteiger partial charge in [-0.2, -0.15) is 5.10 Å². The van der Waals surface area contributed by atoms with E-state index in [9.17, 15) is 0 Å². The van der Waals surface area contributed by atoms with Crippen LogP contribution < -0.4 is 5.73 Å². The molecule has 0 radical (unpaired) electrons. The summed E-state index contributed by atoms with van der Waals surface area (Å²) in [6.45, 7) is 5.71. The summed E-state index contributed by atoms with van der Waals surface area (Å²) in [7, 11) is 0. The number of ether oxygens (including phenoxy) is 1. The fraction of sp³-hybridized carbons (Fsp3) is 0.812. The van der Waals surface area contributed by atoms with Crippen LogP contribution >= 0.6 is 11.6 Å². The molecule has 0 saturated heterocycles. The van der Waals surface area contributed by atoms with Crippen molar-refractivity contribution in [3.63, 3.8) is 0 Å². The summed E-state index contributed by atoms with van der Waals surface area (Å²) in [5, 5.41) is 5.05. The Morgan fingerprint density at radius 2 is 2.00 bits per heavy atom. The summed E-state index contributed by atoms with van der Waals surface area (Å²) in [4.78, 5) is 0. The number of aryl methyl sites for hydroxylation is 1. The average Bonchev–Trinajstić information content (AvgIpc) is 2.69. The number of hydrogen-bond acceptors (Lipinski definition) is 3. The largest absolute Gasteiger partial charge is 0.373 e. The molecule has 2 N–H and O–H groups in total. The molecule has 0 aromatic carbocycles. The maximum Gasteiger partial charge on any atom is 0.0889 e. The Morgan fingerprint density at radius 1 is 1.33 bits per heavy atom. The second kappa shape index (κ2) is 7.61. The Morgan fingerprint density at radius 3 is 2.57 bits per heavy atom. The first kappa shape index (κ1) is 16.8. The third-order valence-electron chi connectivity index (χ3n) is 4.51. The minimum atomic E-state index is -0.291. The summed E-state index contributed by atoms with van der Waals surface area (Å²) in [6, 6.07) is -0.211. The molecule has 1 aromatic heterocycles. The molecule has 1 fully saturated rings. The average molecular weight is 314 g/mol. The zero-order valence-corrected chi connectivity index (χ0v) is 14.0. The SMILES string of the molecule is CCCn1ncc(Cl)c1C(N)C1(OCC)CCCCCC1. The molecule has 21 heavy (non-hydrogen) atoms. The number of hydrogen-bond donors (Lipinski definition) is 1. The van der Waals surface area contributed by atoms with E-state index >= 15 is 0 Å². The highest BCUT2D eigenvalue weighted by Gasteiger charge is 2.41. The van der Waals surface area contributed by atoms with Crippen LogP contribution in [-0.4, -0.2) is 22.0 Å². The van der Waals surface area contributed by atoms with Gasteiger partial charge in [0.15, 0.2) is 0 Å². The molecule has 2 rings (SSSR count). The summed E-state index contributed by atoms with van der Waals surface area (Å²) in [6.07, 6.45) is 9.63. The van der Waals surface area contributed by atoms with Gasteiger partial charge in [0.25, 0.3) is 0 Å². The minimum absolute atomic E-state index is 0.211. The van der Waals surface area contributed by atoms with Crippen molar-refractivity contribution in [1.82, 2.24) is 9.78 Å². The van der Waals surface area contributed by atoms with Crippen LogP contribution in [0.3, 0.4) is 0 Å². The molecule has 1 atom stereocenters. The van der Waals surface area contributed by atoms with Crippen molar-refractivity contribution in [1.29, 1.82) is 0 Å². The number of halogens is 1. The van der Waals surface area contributed by atoms with Crippen LogP contribution in [0.1, 0.15) is 70.5 Å². The minimum Gasteiger partial charge on any atom is -0.373 e. The standard InChI is InChI=1S/C16H28ClN3O/c1-3-11-20-14(13(17)12-19-20)15(18)16(21-4-2)9-7-5-6-8-10-16/h12,15H,3-11,18H2,1-2H3. The number of nitrogens with zero attached hydrogens (tertiary/aromatic N) is 2. The van der Waals surface area contributed by atoms with Crippen molar-refractivity contribution in [2.24, 2.45) is 5.73 Å². The molecule has 1 aliphatic rings. The van der Waals surface area contributed by atoms with Crippen LogP contribution in [0.15, 0.2) is 6.20 Å². The number of rotatable bonds is 6. The molecule has 1 unspecified atom stereocenters. The number of aromatic nitrogens is 2. The van der Waals surface area contributed by atoms with E-state index in [0.717, 1.165) is 31.5 Å². The van der Waals surface area contributed by atoms with Gasteiger partial charge in [-0.05, 0) is 26.2 Å². The summed E-state index contributed by atoms with van der Waals surface area (Å²) >= 11 is 6.38. The molecular weight excluding hydrogens is 286 g/mol. The Hall–Kier alpha value is -0.580. The van der Waals surface area contributed by atoms with Gasteiger partial charge in [-0.15, -0.1) is 0 Å². The molecule has 0 amide bonds. The summed E-state index contributed by atoms with van der Waals surface area (Å²) in [5.41, 5.74) is 7.31. The zero-order chi connectivity index (χ0) is 15.3. The Labute approximate surface area is 133 Å². The van der Waals surface area contributed by atoms with Crippen molar-refractivity contribution < 1.29 is 4.74 Å². The van der Waals surface area contributed by atoms with Crippen molar-refractivity contribution in [2.75, 3.05) is 6.61 Å². The molecule has 4 nitrogen and oxygen atoms in total.